The van der Waals surface area contributed by atoms with Crippen LogP contribution in [0, 0.1) is 12.8 Å². The number of aryl methyl sites for hydroxylation is 1. The number of aromatic nitrogens is 3. The van der Waals surface area contributed by atoms with Gasteiger partial charge in [-0.2, -0.15) is 0 Å². The minimum atomic E-state index is 0.316. The zero-order chi connectivity index (χ0) is 13.1. The average molecular weight is 248 g/mol. The molecule has 0 amide bonds. The van der Waals surface area contributed by atoms with Crippen LogP contribution in [-0.4, -0.2) is 21.3 Å². The van der Waals surface area contributed by atoms with Gasteiger partial charge in [0, 0.05) is 30.4 Å². The van der Waals surface area contributed by atoms with Crippen molar-refractivity contribution in [1.82, 2.24) is 14.7 Å². The smallest absolute Gasteiger partial charge is 0.156 e. The van der Waals surface area contributed by atoms with Crippen molar-refractivity contribution in [1.29, 1.82) is 0 Å². The summed E-state index contributed by atoms with van der Waals surface area (Å²) in [7, 11) is 0. The molecule has 1 atom stereocenters. The fourth-order valence-corrected chi connectivity index (χ4v) is 2.16. The van der Waals surface area contributed by atoms with E-state index in [1.165, 1.54) is 0 Å². The van der Waals surface area contributed by atoms with Crippen molar-refractivity contribution in [3.8, 4) is 0 Å². The first kappa shape index (κ1) is 12.8. The van der Waals surface area contributed by atoms with Crippen LogP contribution < -0.4 is 5.73 Å². The van der Waals surface area contributed by atoms with Gasteiger partial charge in [-0.25, -0.2) is 4.98 Å². The zero-order valence-electron chi connectivity index (χ0n) is 11.1. The summed E-state index contributed by atoms with van der Waals surface area (Å²) in [4.78, 5) is 4.22. The molecule has 2 aromatic rings. The molecule has 1 unspecified atom stereocenters. The molecule has 2 heterocycles. The summed E-state index contributed by atoms with van der Waals surface area (Å²) < 4.78 is 7.32. The van der Waals surface area contributed by atoms with Gasteiger partial charge in [0.1, 0.15) is 0 Å². The van der Waals surface area contributed by atoms with Gasteiger partial charge in [-0.3, -0.25) is 0 Å². The lowest BCUT2D eigenvalue weighted by Crippen LogP contribution is -2.21. The Morgan fingerprint density at radius 3 is 2.78 bits per heavy atom. The highest BCUT2D eigenvalue weighted by Crippen LogP contribution is 2.23. The number of nitrogens with two attached hydrogens (primary N) is 1. The maximum Gasteiger partial charge on any atom is 0.156 e. The molecule has 2 aromatic heterocycles. The molecule has 0 aliphatic carbocycles. The van der Waals surface area contributed by atoms with Crippen LogP contribution in [0.4, 0.5) is 0 Å². The predicted octanol–water partition coefficient (Wildman–Crippen LogP) is 1.93. The van der Waals surface area contributed by atoms with E-state index in [-0.39, 0.29) is 0 Å². The van der Waals surface area contributed by atoms with Gasteiger partial charge in [-0.1, -0.05) is 19.0 Å². The summed E-state index contributed by atoms with van der Waals surface area (Å²) in [5, 5.41) is 3.89. The van der Waals surface area contributed by atoms with Gasteiger partial charge < -0.3 is 14.8 Å². The average Bonchev–Trinajstić information content (AvgIpc) is 2.90. The van der Waals surface area contributed by atoms with Crippen molar-refractivity contribution in [3.05, 3.63) is 35.7 Å². The lowest BCUT2D eigenvalue weighted by molar-refractivity contribution is 0.368. The highest BCUT2D eigenvalue weighted by atomic mass is 16.5. The van der Waals surface area contributed by atoms with E-state index < -0.39 is 0 Å². The Balaban J connectivity index is 2.22. The third-order valence-electron chi connectivity index (χ3n) is 3.19. The molecule has 0 fully saturated rings. The van der Waals surface area contributed by atoms with Crippen LogP contribution in [-0.2, 0) is 6.54 Å². The maximum absolute atomic E-state index is 5.85. The molecule has 2 N–H and O–H groups in total. The summed E-state index contributed by atoms with van der Waals surface area (Å²) in [6, 6.07) is 1.94. The lowest BCUT2D eigenvalue weighted by Gasteiger charge is -2.20. The second kappa shape index (κ2) is 5.35. The van der Waals surface area contributed by atoms with Crippen molar-refractivity contribution < 1.29 is 4.52 Å². The van der Waals surface area contributed by atoms with Crippen LogP contribution in [0.25, 0.3) is 0 Å². The van der Waals surface area contributed by atoms with Gasteiger partial charge in [-0.05, 0) is 12.8 Å². The largest absolute Gasteiger partial charge is 0.359 e. The molecular formula is C13H20N4O. The summed E-state index contributed by atoms with van der Waals surface area (Å²) >= 11 is 0. The van der Waals surface area contributed by atoms with Crippen LogP contribution in [0.5, 0.6) is 0 Å². The van der Waals surface area contributed by atoms with E-state index in [4.69, 9.17) is 10.3 Å². The van der Waals surface area contributed by atoms with Gasteiger partial charge in [0.2, 0.25) is 0 Å². The first-order valence-corrected chi connectivity index (χ1v) is 6.24. The van der Waals surface area contributed by atoms with Gasteiger partial charge in [-0.15, -0.1) is 0 Å². The van der Waals surface area contributed by atoms with Gasteiger partial charge in [0.25, 0.3) is 0 Å². The van der Waals surface area contributed by atoms with Crippen molar-refractivity contribution in [2.75, 3.05) is 6.54 Å². The summed E-state index contributed by atoms with van der Waals surface area (Å²) in [6.45, 7) is 7.54. The highest BCUT2D eigenvalue weighted by molar-refractivity contribution is 5.11. The number of rotatable bonds is 5. The van der Waals surface area contributed by atoms with E-state index in [1.54, 1.807) is 0 Å². The van der Waals surface area contributed by atoms with Crippen molar-refractivity contribution in [3.63, 3.8) is 0 Å². The molecule has 0 aromatic carbocycles. The standard InChI is InChI=1S/C13H20N4O/c1-9(2)12(5-14)13-6-15-8-17(13)7-11-4-10(3)16-18-11/h4,6,8-9,12H,5,7,14H2,1-3H3. The fraction of sp³-hybridized carbons (Fsp3) is 0.538. The van der Waals surface area contributed by atoms with Crippen molar-refractivity contribution in [2.24, 2.45) is 11.7 Å². The predicted molar refractivity (Wildman–Crippen MR) is 69.2 cm³/mol. The van der Waals surface area contributed by atoms with E-state index in [0.29, 0.717) is 24.9 Å². The molecular weight excluding hydrogens is 228 g/mol. The van der Waals surface area contributed by atoms with E-state index in [2.05, 4.69) is 28.6 Å². The molecule has 98 valence electrons. The monoisotopic (exact) mass is 248 g/mol. The molecule has 0 saturated heterocycles. The number of hydrogen-bond acceptors (Lipinski definition) is 4. The molecule has 5 nitrogen and oxygen atoms in total. The van der Waals surface area contributed by atoms with E-state index in [9.17, 15) is 0 Å². The second-order valence-corrected chi connectivity index (χ2v) is 4.97. The second-order valence-electron chi connectivity index (χ2n) is 4.97. The summed E-state index contributed by atoms with van der Waals surface area (Å²) in [5.74, 6) is 1.64. The van der Waals surface area contributed by atoms with E-state index >= 15 is 0 Å². The van der Waals surface area contributed by atoms with Gasteiger partial charge in [0.15, 0.2) is 5.76 Å². The molecule has 0 saturated carbocycles. The molecule has 0 aliphatic heterocycles. The lowest BCUT2D eigenvalue weighted by atomic mass is 9.93. The normalized spacial score (nSPS) is 13.2. The van der Waals surface area contributed by atoms with Gasteiger partial charge >= 0.3 is 0 Å². The van der Waals surface area contributed by atoms with Crippen LogP contribution in [0.2, 0.25) is 0 Å². The van der Waals surface area contributed by atoms with Crippen molar-refractivity contribution in [2.45, 2.75) is 33.2 Å². The molecule has 0 bridgehead atoms. The Labute approximate surface area is 107 Å². The van der Waals surface area contributed by atoms with Crippen LogP contribution >= 0.6 is 0 Å². The van der Waals surface area contributed by atoms with Crippen LogP contribution in [0.3, 0.4) is 0 Å². The Kier molecular flexibility index (Phi) is 3.81. The maximum atomic E-state index is 5.85. The Hall–Kier alpha value is -1.62. The quantitative estimate of drug-likeness (QED) is 0.877. The first-order chi connectivity index (χ1) is 8.61. The third-order valence-corrected chi connectivity index (χ3v) is 3.19. The van der Waals surface area contributed by atoms with E-state index in [1.807, 2.05) is 25.5 Å². The third kappa shape index (κ3) is 2.61. The molecule has 0 spiro atoms. The Morgan fingerprint density at radius 2 is 2.22 bits per heavy atom. The minimum absolute atomic E-state index is 0.316. The van der Waals surface area contributed by atoms with E-state index in [0.717, 1.165) is 17.1 Å². The summed E-state index contributed by atoms with van der Waals surface area (Å²) in [5.41, 5.74) is 7.90. The van der Waals surface area contributed by atoms with Crippen LogP contribution in [0.1, 0.15) is 36.9 Å². The number of nitrogens with zero attached hydrogens (tertiary/aromatic N) is 3. The molecule has 5 heteroatoms. The van der Waals surface area contributed by atoms with Crippen molar-refractivity contribution >= 4 is 0 Å². The number of hydrogen-bond donors (Lipinski definition) is 1. The zero-order valence-corrected chi connectivity index (χ0v) is 11.1. The fourth-order valence-electron chi connectivity index (χ4n) is 2.16. The molecule has 18 heavy (non-hydrogen) atoms. The number of imidazole rings is 1. The molecule has 0 radical (unpaired) electrons. The summed E-state index contributed by atoms with van der Waals surface area (Å²) in [6.07, 6.45) is 3.71. The molecule has 0 aliphatic rings. The Morgan fingerprint density at radius 1 is 1.44 bits per heavy atom. The molecule has 2 rings (SSSR count). The minimum Gasteiger partial charge on any atom is -0.359 e. The SMILES string of the molecule is Cc1cc(Cn2cncc2C(CN)C(C)C)on1. The Bertz CT molecular complexity index is 501. The highest BCUT2D eigenvalue weighted by Gasteiger charge is 2.18. The van der Waals surface area contributed by atoms with Crippen LogP contribution in [0.15, 0.2) is 23.1 Å². The topological polar surface area (TPSA) is 69.9 Å². The van der Waals surface area contributed by atoms with Gasteiger partial charge in [0.05, 0.1) is 18.6 Å². The first-order valence-electron chi connectivity index (χ1n) is 6.24.